The fourth-order valence-corrected chi connectivity index (χ4v) is 1.89. The van der Waals surface area contributed by atoms with Crippen molar-refractivity contribution < 1.29 is 9.90 Å². The predicted octanol–water partition coefficient (Wildman–Crippen LogP) is 2.71. The summed E-state index contributed by atoms with van der Waals surface area (Å²) in [7, 11) is 0. The number of nitrogens with zero attached hydrogens (tertiary/aromatic N) is 2. The van der Waals surface area contributed by atoms with Gasteiger partial charge in [0.15, 0.2) is 0 Å². The smallest absolute Gasteiger partial charge is 0.339 e. The summed E-state index contributed by atoms with van der Waals surface area (Å²) in [5, 5.41) is 9.19. The molecule has 0 spiro atoms. The Morgan fingerprint density at radius 2 is 2.18 bits per heavy atom. The summed E-state index contributed by atoms with van der Waals surface area (Å²) in [6.45, 7) is 8.90. The van der Waals surface area contributed by atoms with Gasteiger partial charge in [-0.2, -0.15) is 0 Å². The van der Waals surface area contributed by atoms with E-state index >= 15 is 0 Å². The van der Waals surface area contributed by atoms with E-state index in [9.17, 15) is 9.90 Å². The second kappa shape index (κ2) is 5.66. The molecule has 1 atom stereocenters. The van der Waals surface area contributed by atoms with Crippen molar-refractivity contribution in [3.63, 3.8) is 0 Å². The van der Waals surface area contributed by atoms with E-state index < -0.39 is 5.97 Å². The first-order chi connectivity index (χ1) is 8.01. The molecule has 1 N–H and O–H groups in total. The highest BCUT2D eigenvalue weighted by Gasteiger charge is 2.19. The molecule has 4 nitrogen and oxygen atoms in total. The van der Waals surface area contributed by atoms with Crippen LogP contribution in [-0.4, -0.2) is 28.6 Å². The highest BCUT2D eigenvalue weighted by molar-refractivity contribution is 5.94. The molecule has 0 amide bonds. The third-order valence-electron chi connectivity index (χ3n) is 3.02. The quantitative estimate of drug-likeness (QED) is 0.854. The molecule has 1 unspecified atom stereocenters. The van der Waals surface area contributed by atoms with Crippen molar-refractivity contribution in [1.82, 2.24) is 4.98 Å². The van der Waals surface area contributed by atoms with E-state index in [1.54, 1.807) is 0 Å². The Kier molecular flexibility index (Phi) is 4.49. The molecule has 1 rings (SSSR count). The van der Waals surface area contributed by atoms with Gasteiger partial charge in [0.25, 0.3) is 0 Å². The van der Waals surface area contributed by atoms with Gasteiger partial charge in [0.2, 0.25) is 0 Å². The zero-order valence-corrected chi connectivity index (χ0v) is 10.9. The third-order valence-corrected chi connectivity index (χ3v) is 3.02. The van der Waals surface area contributed by atoms with Crippen LogP contribution in [-0.2, 0) is 0 Å². The molecule has 17 heavy (non-hydrogen) atoms. The fraction of sp³-hybridized carbons (Fsp3) is 0.538. The van der Waals surface area contributed by atoms with E-state index in [0.29, 0.717) is 6.04 Å². The Hall–Kier alpha value is -1.58. The number of aromatic nitrogens is 1. The average molecular weight is 236 g/mol. The molecule has 1 aromatic rings. The Balaban J connectivity index is 3.25. The largest absolute Gasteiger partial charge is 0.478 e. The van der Waals surface area contributed by atoms with Gasteiger partial charge in [-0.15, -0.1) is 0 Å². The van der Waals surface area contributed by atoms with Crippen LogP contribution in [0.1, 0.15) is 43.2 Å². The molecule has 0 aliphatic carbocycles. The predicted molar refractivity (Wildman–Crippen MR) is 68.7 cm³/mol. The van der Waals surface area contributed by atoms with Crippen molar-refractivity contribution in [3.05, 3.63) is 23.5 Å². The molecule has 0 aliphatic heterocycles. The summed E-state index contributed by atoms with van der Waals surface area (Å²) in [4.78, 5) is 17.4. The van der Waals surface area contributed by atoms with E-state index in [4.69, 9.17) is 0 Å². The van der Waals surface area contributed by atoms with E-state index in [1.807, 2.05) is 19.9 Å². The minimum atomic E-state index is -0.922. The summed E-state index contributed by atoms with van der Waals surface area (Å²) < 4.78 is 0. The summed E-state index contributed by atoms with van der Waals surface area (Å²) in [6, 6.07) is 2.17. The van der Waals surface area contributed by atoms with Crippen molar-refractivity contribution in [2.45, 2.75) is 40.2 Å². The minimum Gasteiger partial charge on any atom is -0.478 e. The number of hydrogen-bond acceptors (Lipinski definition) is 3. The standard InChI is InChI=1S/C13H20N2O2/c1-5-10(4)15(6-2)12-7-9(3)14-8-11(12)13(16)17/h7-8,10H,5-6H2,1-4H3,(H,16,17). The first-order valence-electron chi connectivity index (χ1n) is 5.97. The van der Waals surface area contributed by atoms with Crippen molar-refractivity contribution in [3.8, 4) is 0 Å². The van der Waals surface area contributed by atoms with Crippen LogP contribution in [0.15, 0.2) is 12.3 Å². The van der Waals surface area contributed by atoms with Crippen LogP contribution in [0.25, 0.3) is 0 Å². The molecule has 1 heterocycles. The second-order valence-electron chi connectivity index (χ2n) is 4.19. The van der Waals surface area contributed by atoms with Gasteiger partial charge in [-0.05, 0) is 33.3 Å². The van der Waals surface area contributed by atoms with Gasteiger partial charge in [-0.25, -0.2) is 4.79 Å². The first kappa shape index (κ1) is 13.5. The molecular weight excluding hydrogens is 216 g/mol. The molecule has 0 saturated carbocycles. The highest BCUT2D eigenvalue weighted by Crippen LogP contribution is 2.23. The topological polar surface area (TPSA) is 53.4 Å². The minimum absolute atomic E-state index is 0.276. The number of carboxylic acid groups (broad SMARTS) is 1. The molecular formula is C13H20N2O2. The molecule has 0 saturated heterocycles. The highest BCUT2D eigenvalue weighted by atomic mass is 16.4. The van der Waals surface area contributed by atoms with Crippen LogP contribution in [0.2, 0.25) is 0 Å². The first-order valence-corrected chi connectivity index (χ1v) is 5.97. The lowest BCUT2D eigenvalue weighted by atomic mass is 10.1. The Bertz CT molecular complexity index is 404. The summed E-state index contributed by atoms with van der Waals surface area (Å²) >= 11 is 0. The number of aromatic carboxylic acids is 1. The fourth-order valence-electron chi connectivity index (χ4n) is 1.89. The maximum Gasteiger partial charge on any atom is 0.339 e. The van der Waals surface area contributed by atoms with Gasteiger partial charge in [-0.3, -0.25) is 4.98 Å². The van der Waals surface area contributed by atoms with Crippen molar-refractivity contribution in [2.24, 2.45) is 0 Å². The molecule has 0 fully saturated rings. The van der Waals surface area contributed by atoms with Crippen molar-refractivity contribution >= 4 is 11.7 Å². The number of aryl methyl sites for hydroxylation is 1. The zero-order chi connectivity index (χ0) is 13.0. The molecule has 94 valence electrons. The van der Waals surface area contributed by atoms with E-state index in [-0.39, 0.29) is 5.56 Å². The molecule has 0 radical (unpaired) electrons. The van der Waals surface area contributed by atoms with Crippen LogP contribution in [0.4, 0.5) is 5.69 Å². The van der Waals surface area contributed by atoms with Gasteiger partial charge >= 0.3 is 5.97 Å². The van der Waals surface area contributed by atoms with Gasteiger partial charge in [0.1, 0.15) is 5.56 Å². The number of carboxylic acids is 1. The van der Waals surface area contributed by atoms with E-state index in [2.05, 4.69) is 23.7 Å². The van der Waals surface area contributed by atoms with Crippen LogP contribution >= 0.6 is 0 Å². The number of pyridine rings is 1. The van der Waals surface area contributed by atoms with E-state index in [1.165, 1.54) is 6.20 Å². The van der Waals surface area contributed by atoms with Gasteiger partial charge in [-0.1, -0.05) is 6.92 Å². The average Bonchev–Trinajstić information content (AvgIpc) is 2.29. The Labute approximate surface area is 102 Å². The summed E-state index contributed by atoms with van der Waals surface area (Å²) in [5.41, 5.74) is 1.88. The molecule has 1 aromatic heterocycles. The lowest BCUT2D eigenvalue weighted by Gasteiger charge is -2.30. The van der Waals surface area contributed by atoms with Gasteiger partial charge in [0, 0.05) is 24.5 Å². The monoisotopic (exact) mass is 236 g/mol. The number of carbonyl (C=O) groups is 1. The van der Waals surface area contributed by atoms with E-state index in [0.717, 1.165) is 24.3 Å². The SMILES string of the molecule is CCC(C)N(CC)c1cc(C)ncc1C(=O)O. The second-order valence-corrected chi connectivity index (χ2v) is 4.19. The number of anilines is 1. The lowest BCUT2D eigenvalue weighted by molar-refractivity contribution is 0.0697. The molecule has 4 heteroatoms. The summed E-state index contributed by atoms with van der Waals surface area (Å²) in [5.74, 6) is -0.922. The molecule has 0 aliphatic rings. The lowest BCUT2D eigenvalue weighted by Crippen LogP contribution is -2.33. The van der Waals surface area contributed by atoms with Crippen molar-refractivity contribution in [2.75, 3.05) is 11.4 Å². The number of rotatable bonds is 5. The maximum absolute atomic E-state index is 11.2. The zero-order valence-electron chi connectivity index (χ0n) is 10.9. The third kappa shape index (κ3) is 2.96. The molecule has 0 bridgehead atoms. The van der Waals surface area contributed by atoms with Crippen LogP contribution in [0.5, 0.6) is 0 Å². The Morgan fingerprint density at radius 3 is 2.65 bits per heavy atom. The van der Waals surface area contributed by atoms with Crippen LogP contribution in [0.3, 0.4) is 0 Å². The van der Waals surface area contributed by atoms with Gasteiger partial charge < -0.3 is 10.0 Å². The normalized spacial score (nSPS) is 12.2. The van der Waals surface area contributed by atoms with Crippen LogP contribution in [0, 0.1) is 6.92 Å². The number of hydrogen-bond donors (Lipinski definition) is 1. The molecule has 0 aromatic carbocycles. The van der Waals surface area contributed by atoms with Crippen LogP contribution < -0.4 is 4.90 Å². The van der Waals surface area contributed by atoms with Crippen molar-refractivity contribution in [1.29, 1.82) is 0 Å². The van der Waals surface area contributed by atoms with Gasteiger partial charge in [0.05, 0.1) is 5.69 Å². The Morgan fingerprint density at radius 1 is 1.53 bits per heavy atom. The maximum atomic E-state index is 11.2. The summed E-state index contributed by atoms with van der Waals surface area (Å²) in [6.07, 6.45) is 2.42.